The zero-order valence-electron chi connectivity index (χ0n) is 22.3. The largest absolute Gasteiger partial charge is 0.497 e. The van der Waals surface area contributed by atoms with Crippen molar-refractivity contribution in [3.05, 3.63) is 94.0 Å². The number of hydrazine groups is 1. The average Bonchev–Trinajstić information content (AvgIpc) is 3.34. The van der Waals surface area contributed by atoms with Gasteiger partial charge in [-0.2, -0.15) is 0 Å². The Morgan fingerprint density at radius 1 is 1.10 bits per heavy atom. The van der Waals surface area contributed by atoms with E-state index in [4.69, 9.17) is 24.3 Å². The first kappa shape index (κ1) is 28.6. The molecule has 0 bridgehead atoms. The lowest BCUT2D eigenvalue weighted by Gasteiger charge is -2.31. The molecule has 3 N–H and O–H groups in total. The van der Waals surface area contributed by atoms with Gasteiger partial charge >= 0.3 is 0 Å². The zero-order valence-corrected chi connectivity index (χ0v) is 23.9. The fourth-order valence-corrected chi connectivity index (χ4v) is 4.76. The van der Waals surface area contributed by atoms with Gasteiger partial charge in [-0.15, -0.1) is 0 Å². The molecule has 1 amide bonds. The van der Waals surface area contributed by atoms with E-state index in [1.807, 2.05) is 86.6 Å². The topological polar surface area (TPSA) is 101 Å². The minimum atomic E-state index is -1.33. The van der Waals surface area contributed by atoms with Gasteiger partial charge in [0.05, 0.1) is 13.7 Å². The molecule has 0 spiro atoms. The number of benzene rings is 3. The number of halogens is 1. The molecule has 9 heteroatoms. The fraction of sp³-hybridized carbons (Fsp3) is 0.333. The summed E-state index contributed by atoms with van der Waals surface area (Å²) in [7, 11) is 1.61. The number of methoxy groups -OCH3 is 1. The van der Waals surface area contributed by atoms with Crippen LogP contribution in [0.25, 0.3) is 0 Å². The highest BCUT2D eigenvalue weighted by atomic mass is 79.9. The number of aliphatic imine (C=N–C) groups is 1. The molecule has 3 aromatic rings. The van der Waals surface area contributed by atoms with Gasteiger partial charge < -0.3 is 19.3 Å². The van der Waals surface area contributed by atoms with Crippen molar-refractivity contribution in [1.29, 1.82) is 0 Å². The molecule has 206 valence electrons. The highest BCUT2D eigenvalue weighted by Crippen LogP contribution is 2.44. The van der Waals surface area contributed by atoms with Crippen molar-refractivity contribution in [3.63, 3.8) is 0 Å². The van der Waals surface area contributed by atoms with E-state index in [0.29, 0.717) is 30.4 Å². The molecule has 1 aliphatic rings. The summed E-state index contributed by atoms with van der Waals surface area (Å²) in [5.41, 5.74) is 6.99. The first-order valence-corrected chi connectivity index (χ1v) is 13.7. The maximum atomic E-state index is 14.1. The zero-order chi connectivity index (χ0) is 27.8. The van der Waals surface area contributed by atoms with Crippen molar-refractivity contribution in [2.75, 3.05) is 20.3 Å². The van der Waals surface area contributed by atoms with E-state index in [1.165, 1.54) is 0 Å². The lowest BCUT2D eigenvalue weighted by Crippen LogP contribution is -2.55. The van der Waals surface area contributed by atoms with Gasteiger partial charge in [0.1, 0.15) is 11.5 Å². The molecule has 1 heterocycles. The number of ether oxygens (including phenoxy) is 3. The van der Waals surface area contributed by atoms with Crippen LogP contribution in [0.1, 0.15) is 43.1 Å². The quantitative estimate of drug-likeness (QED) is 0.206. The van der Waals surface area contributed by atoms with Gasteiger partial charge in [0.2, 0.25) is 5.90 Å². The molecule has 39 heavy (non-hydrogen) atoms. The van der Waals surface area contributed by atoms with Crippen molar-refractivity contribution in [1.82, 2.24) is 10.9 Å². The molecule has 8 nitrogen and oxygen atoms in total. The van der Waals surface area contributed by atoms with Crippen LogP contribution in [0.4, 0.5) is 0 Å². The monoisotopic (exact) mass is 595 g/mol. The van der Waals surface area contributed by atoms with Crippen LogP contribution in [0.15, 0.2) is 82.3 Å². The summed E-state index contributed by atoms with van der Waals surface area (Å²) < 4.78 is 18.6. The second kappa shape index (κ2) is 13.1. The number of nitrogens with one attached hydrogen (secondary N) is 2. The molecule has 0 fully saturated rings. The van der Waals surface area contributed by atoms with Gasteiger partial charge in [-0.25, -0.2) is 10.4 Å². The maximum absolute atomic E-state index is 14.1. The van der Waals surface area contributed by atoms with Crippen LogP contribution in [-0.4, -0.2) is 48.8 Å². The molecule has 3 aromatic carbocycles. The molecule has 0 saturated heterocycles. The number of hydrogen-bond acceptors (Lipinski definition) is 7. The van der Waals surface area contributed by atoms with Crippen molar-refractivity contribution < 1.29 is 24.1 Å². The standard InChI is InChI=1S/C30H34BrN3O5/c1-20(2)33-34-29(36)30(19-23-8-4-5-11-26(23)31)27(22-9-6-10-25(18-22)37-3)39-28(32-30)21-12-14-24(15-13-21)38-17-7-16-35/h4-6,8-15,18,20,27,33,35H,7,16-17,19H2,1-3H3,(H,34,36)/t27-,30-/m0/s1. The van der Waals surface area contributed by atoms with E-state index >= 15 is 0 Å². The Balaban J connectivity index is 1.80. The molecule has 0 unspecified atom stereocenters. The minimum Gasteiger partial charge on any atom is -0.497 e. The van der Waals surface area contributed by atoms with Crippen LogP contribution >= 0.6 is 15.9 Å². The van der Waals surface area contributed by atoms with Gasteiger partial charge in [0.25, 0.3) is 5.91 Å². The summed E-state index contributed by atoms with van der Waals surface area (Å²) >= 11 is 3.65. The van der Waals surface area contributed by atoms with Crippen molar-refractivity contribution in [2.45, 2.75) is 44.4 Å². The van der Waals surface area contributed by atoms with Gasteiger partial charge in [-0.05, 0) is 67.4 Å². The summed E-state index contributed by atoms with van der Waals surface area (Å²) in [6.45, 7) is 4.39. The second-order valence-electron chi connectivity index (χ2n) is 9.59. The molecule has 4 rings (SSSR count). The second-order valence-corrected chi connectivity index (χ2v) is 10.4. The Kier molecular flexibility index (Phi) is 9.61. The summed E-state index contributed by atoms with van der Waals surface area (Å²) in [6.07, 6.45) is 0.106. The number of aliphatic hydroxyl groups is 1. The third-order valence-electron chi connectivity index (χ3n) is 6.32. The first-order chi connectivity index (χ1) is 18.9. The Morgan fingerprint density at radius 3 is 2.56 bits per heavy atom. The number of rotatable bonds is 12. The SMILES string of the molecule is COc1cccc([C@@H]2OC(c3ccc(OCCCO)cc3)=N[C@]2(Cc2ccccc2Br)C(=O)NNC(C)C)c1. The van der Waals surface area contributed by atoms with E-state index in [9.17, 15) is 4.79 Å². The van der Waals surface area contributed by atoms with Gasteiger partial charge in [0.15, 0.2) is 11.6 Å². The fourth-order valence-electron chi connectivity index (χ4n) is 4.34. The van der Waals surface area contributed by atoms with Crippen LogP contribution in [0.3, 0.4) is 0 Å². The van der Waals surface area contributed by atoms with Crippen molar-refractivity contribution in [2.24, 2.45) is 4.99 Å². The first-order valence-electron chi connectivity index (χ1n) is 12.9. The third kappa shape index (κ3) is 6.79. The van der Waals surface area contributed by atoms with E-state index in [-0.39, 0.29) is 25.0 Å². The average molecular weight is 597 g/mol. The number of carbonyl (C=O) groups excluding carboxylic acids is 1. The van der Waals surface area contributed by atoms with Gasteiger partial charge in [-0.3, -0.25) is 10.2 Å². The summed E-state index contributed by atoms with van der Waals surface area (Å²) in [6, 6.07) is 22.7. The van der Waals surface area contributed by atoms with E-state index in [2.05, 4.69) is 26.8 Å². The van der Waals surface area contributed by atoms with Crippen molar-refractivity contribution in [3.8, 4) is 11.5 Å². The van der Waals surface area contributed by atoms with Crippen LogP contribution < -0.4 is 20.3 Å². The van der Waals surface area contributed by atoms with Gasteiger partial charge in [-0.1, -0.05) is 46.3 Å². The predicted molar refractivity (Wildman–Crippen MR) is 154 cm³/mol. The highest BCUT2D eigenvalue weighted by molar-refractivity contribution is 9.10. The van der Waals surface area contributed by atoms with E-state index in [1.54, 1.807) is 7.11 Å². The third-order valence-corrected chi connectivity index (χ3v) is 7.09. The number of hydrogen-bond donors (Lipinski definition) is 3. The van der Waals surface area contributed by atoms with Crippen LogP contribution in [0.5, 0.6) is 11.5 Å². The molecule has 0 aliphatic carbocycles. The highest BCUT2D eigenvalue weighted by Gasteiger charge is 2.53. The lowest BCUT2D eigenvalue weighted by atomic mass is 9.82. The van der Waals surface area contributed by atoms with Crippen LogP contribution in [0.2, 0.25) is 0 Å². The lowest BCUT2D eigenvalue weighted by molar-refractivity contribution is -0.130. The summed E-state index contributed by atoms with van der Waals surface area (Å²) in [5.74, 6) is 1.38. The Labute approximate surface area is 237 Å². The van der Waals surface area contributed by atoms with E-state index < -0.39 is 11.6 Å². The Morgan fingerprint density at radius 2 is 1.87 bits per heavy atom. The number of carbonyl (C=O) groups is 1. The Hall–Kier alpha value is -3.40. The molecular formula is C30H34BrN3O5. The summed E-state index contributed by atoms with van der Waals surface area (Å²) in [4.78, 5) is 19.1. The molecule has 0 radical (unpaired) electrons. The number of aliphatic hydroxyl groups excluding tert-OH is 1. The number of amides is 1. The Bertz CT molecular complexity index is 1300. The molecule has 0 saturated carbocycles. The molecular weight excluding hydrogens is 562 g/mol. The predicted octanol–water partition coefficient (Wildman–Crippen LogP) is 4.75. The molecule has 2 atom stereocenters. The van der Waals surface area contributed by atoms with Crippen LogP contribution in [-0.2, 0) is 16.0 Å². The normalized spacial score (nSPS) is 18.4. The molecule has 1 aliphatic heterocycles. The molecule has 0 aromatic heterocycles. The maximum Gasteiger partial charge on any atom is 0.266 e. The van der Waals surface area contributed by atoms with Crippen LogP contribution in [0, 0.1) is 0 Å². The minimum absolute atomic E-state index is 0.0221. The number of nitrogens with zero attached hydrogens (tertiary/aromatic N) is 1. The summed E-state index contributed by atoms with van der Waals surface area (Å²) in [5, 5.41) is 9.01. The van der Waals surface area contributed by atoms with Crippen molar-refractivity contribution >= 4 is 27.7 Å². The smallest absolute Gasteiger partial charge is 0.266 e. The van der Waals surface area contributed by atoms with Gasteiger partial charge in [0, 0.05) is 35.5 Å². The van der Waals surface area contributed by atoms with E-state index in [0.717, 1.165) is 21.2 Å².